The monoisotopic (exact) mass is 626 g/mol. The molecule has 0 bridgehead atoms. The van der Waals surface area contributed by atoms with Gasteiger partial charge in [0, 0.05) is 30.2 Å². The van der Waals surface area contributed by atoms with E-state index in [-0.39, 0.29) is 54.2 Å². The molecule has 1 aromatic rings. The Kier molecular flexibility index (Phi) is 11.1. The van der Waals surface area contributed by atoms with Crippen LogP contribution in [-0.2, 0) is 14.3 Å². The normalized spacial score (nSPS) is 28.9. The van der Waals surface area contributed by atoms with Gasteiger partial charge < -0.3 is 46.6 Å². The third kappa shape index (κ3) is 7.55. The van der Waals surface area contributed by atoms with Crippen LogP contribution in [0.4, 0.5) is 22.1 Å². The van der Waals surface area contributed by atoms with Crippen LogP contribution in [0.3, 0.4) is 0 Å². The van der Waals surface area contributed by atoms with Crippen molar-refractivity contribution in [3.05, 3.63) is 6.33 Å². The lowest BCUT2D eigenvalue weighted by molar-refractivity contribution is -0.141. The molecule has 0 aromatic carbocycles. The number of aliphatic imine (C=N–C) groups is 1. The molecule has 3 aliphatic rings. The SMILES string of the molecule is C=Nc1c(N)ncnc1N(C)[C@@H]1O[C@H](CSCC[C@H](NC(=O)CCCC[C@H]2SC[C@H]3NC(=O)N[C@H]32)C(=O)O)[C@@H](O)[C@H]1O. The van der Waals surface area contributed by atoms with Crippen molar-refractivity contribution in [2.24, 2.45) is 4.99 Å². The fourth-order valence-corrected chi connectivity index (χ4v) is 7.92. The highest BCUT2D eigenvalue weighted by Gasteiger charge is 2.45. The van der Waals surface area contributed by atoms with Gasteiger partial charge in [0.1, 0.15) is 30.3 Å². The van der Waals surface area contributed by atoms with Crippen molar-refractivity contribution < 1.29 is 34.4 Å². The van der Waals surface area contributed by atoms with Gasteiger partial charge in [-0.25, -0.2) is 19.6 Å². The molecule has 8 N–H and O–H groups in total. The fraction of sp³-hybridized carbons (Fsp3) is 0.680. The molecule has 0 unspecified atom stereocenters. The summed E-state index contributed by atoms with van der Waals surface area (Å²) in [6.45, 7) is 3.47. The summed E-state index contributed by atoms with van der Waals surface area (Å²) < 4.78 is 5.91. The molecule has 232 valence electrons. The second-order valence-corrected chi connectivity index (χ2v) is 12.9. The third-order valence-electron chi connectivity index (χ3n) is 7.59. The van der Waals surface area contributed by atoms with Crippen molar-refractivity contribution >= 4 is 65.5 Å². The Balaban J connectivity index is 1.16. The zero-order valence-corrected chi connectivity index (χ0v) is 24.9. The minimum Gasteiger partial charge on any atom is -0.480 e. The minimum atomic E-state index is -1.25. The number of carbonyl (C=O) groups is 3. The van der Waals surface area contributed by atoms with Gasteiger partial charge >= 0.3 is 12.0 Å². The van der Waals surface area contributed by atoms with Crippen LogP contribution >= 0.6 is 23.5 Å². The number of aliphatic carboxylic acids is 1. The van der Waals surface area contributed by atoms with E-state index in [0.29, 0.717) is 23.2 Å². The maximum Gasteiger partial charge on any atom is 0.326 e. The number of likely N-dealkylation sites (N-methyl/N-ethyl adjacent to an activating group) is 1. The fourth-order valence-electron chi connectivity index (χ4n) is 5.30. The molecule has 0 aliphatic carbocycles. The number of aliphatic hydroxyl groups excluding tert-OH is 2. The molecule has 15 nitrogen and oxygen atoms in total. The van der Waals surface area contributed by atoms with E-state index >= 15 is 0 Å². The first-order chi connectivity index (χ1) is 20.1. The maximum absolute atomic E-state index is 12.4. The van der Waals surface area contributed by atoms with Crippen molar-refractivity contribution in [3.8, 4) is 0 Å². The van der Waals surface area contributed by atoms with Gasteiger partial charge in [-0.05, 0) is 31.7 Å². The molecular weight excluding hydrogens is 588 g/mol. The number of thioether (sulfide) groups is 2. The zero-order valence-electron chi connectivity index (χ0n) is 23.2. The van der Waals surface area contributed by atoms with E-state index in [1.165, 1.54) is 23.0 Å². The Morgan fingerprint density at radius 1 is 1.33 bits per heavy atom. The summed E-state index contributed by atoms with van der Waals surface area (Å²) in [6, 6.07) is -0.883. The van der Waals surface area contributed by atoms with Crippen molar-refractivity contribution in [1.82, 2.24) is 25.9 Å². The number of aromatic nitrogens is 2. The van der Waals surface area contributed by atoms with Crippen LogP contribution in [0, 0.1) is 0 Å². The highest BCUT2D eigenvalue weighted by Crippen LogP contribution is 2.35. The summed E-state index contributed by atoms with van der Waals surface area (Å²) in [4.78, 5) is 49.0. The second kappa shape index (κ2) is 14.5. The van der Waals surface area contributed by atoms with Crippen LogP contribution in [0.5, 0.6) is 0 Å². The number of nitrogens with zero attached hydrogens (tertiary/aromatic N) is 4. The highest BCUT2D eigenvalue weighted by molar-refractivity contribution is 8.00. The first kappa shape index (κ1) is 32.1. The van der Waals surface area contributed by atoms with Crippen molar-refractivity contribution in [1.29, 1.82) is 0 Å². The number of anilines is 2. The predicted molar refractivity (Wildman–Crippen MR) is 160 cm³/mol. The Hall–Kier alpha value is -2.86. The Morgan fingerprint density at radius 2 is 2.12 bits per heavy atom. The van der Waals surface area contributed by atoms with Crippen LogP contribution in [0.2, 0.25) is 0 Å². The Labute approximate surface area is 251 Å². The molecule has 0 saturated carbocycles. The van der Waals surface area contributed by atoms with Gasteiger partial charge in [0.2, 0.25) is 5.91 Å². The number of carboxylic acids is 1. The summed E-state index contributed by atoms with van der Waals surface area (Å²) >= 11 is 3.17. The average Bonchev–Trinajstić information content (AvgIpc) is 3.60. The number of carboxylic acid groups (broad SMARTS) is 1. The van der Waals surface area contributed by atoms with Gasteiger partial charge in [-0.2, -0.15) is 23.5 Å². The molecular formula is C25H38N8O7S2. The molecule has 17 heteroatoms. The number of carbonyl (C=O) groups excluding carboxylic acids is 2. The van der Waals surface area contributed by atoms with E-state index in [1.807, 2.05) is 11.8 Å². The summed E-state index contributed by atoms with van der Waals surface area (Å²) in [5.41, 5.74) is 6.07. The lowest BCUT2D eigenvalue weighted by Gasteiger charge is -2.28. The molecule has 1 aromatic heterocycles. The number of fused-ring (bicyclic) bond motifs is 1. The summed E-state index contributed by atoms with van der Waals surface area (Å²) in [5.74, 6) is 0.514. The van der Waals surface area contributed by atoms with E-state index < -0.39 is 36.6 Å². The van der Waals surface area contributed by atoms with Gasteiger partial charge in [0.25, 0.3) is 0 Å². The lowest BCUT2D eigenvalue weighted by Crippen LogP contribution is -2.42. The molecule has 3 aliphatic heterocycles. The van der Waals surface area contributed by atoms with Gasteiger partial charge in [-0.15, -0.1) is 0 Å². The van der Waals surface area contributed by atoms with Crippen molar-refractivity contribution in [2.75, 3.05) is 34.9 Å². The number of urea groups is 1. The molecule has 42 heavy (non-hydrogen) atoms. The van der Waals surface area contributed by atoms with Gasteiger partial charge in [-0.3, -0.25) is 9.79 Å². The molecule has 8 atom stereocenters. The predicted octanol–water partition coefficient (Wildman–Crippen LogP) is -0.308. The number of aliphatic hydroxyl groups is 2. The van der Waals surface area contributed by atoms with Crippen LogP contribution < -0.4 is 26.6 Å². The zero-order chi connectivity index (χ0) is 30.4. The van der Waals surface area contributed by atoms with Gasteiger partial charge in [0.15, 0.2) is 17.9 Å². The molecule has 0 spiro atoms. The molecule has 4 rings (SSSR count). The van der Waals surface area contributed by atoms with Crippen LogP contribution in [0.1, 0.15) is 32.1 Å². The van der Waals surface area contributed by atoms with E-state index in [1.54, 1.807) is 7.05 Å². The number of hydrogen-bond acceptors (Lipinski definition) is 13. The van der Waals surface area contributed by atoms with Gasteiger partial charge in [-0.1, -0.05) is 6.42 Å². The summed E-state index contributed by atoms with van der Waals surface area (Å²) in [6.07, 6.45) is -0.130. The average molecular weight is 627 g/mol. The summed E-state index contributed by atoms with van der Waals surface area (Å²) in [7, 11) is 1.61. The van der Waals surface area contributed by atoms with Crippen molar-refractivity contribution in [2.45, 2.75) is 80.0 Å². The number of amides is 3. The second-order valence-electron chi connectivity index (χ2n) is 10.4. The molecule has 0 radical (unpaired) electrons. The number of nitrogen functional groups attached to an aromatic ring is 1. The number of unbranched alkanes of at least 4 members (excludes halogenated alkanes) is 1. The lowest BCUT2D eigenvalue weighted by atomic mass is 10.0. The molecule has 3 saturated heterocycles. The molecule has 3 amide bonds. The molecule has 4 heterocycles. The number of nitrogens with two attached hydrogens (primary N) is 1. The highest BCUT2D eigenvalue weighted by atomic mass is 32.2. The van der Waals surface area contributed by atoms with E-state index in [4.69, 9.17) is 10.5 Å². The van der Waals surface area contributed by atoms with Crippen LogP contribution in [0.15, 0.2) is 11.3 Å². The minimum absolute atomic E-state index is 0.112. The standard InChI is InChI=1S/C25H38N8O7S2/c1-27-18-21(26)28-11-29-22(18)33(2)23-20(36)19(35)14(40-23)10-41-8-7-12(24(37)38)30-16(34)6-4-3-5-15-17-13(9-42-15)31-25(39)32-17/h11-15,17,19-20,23,35-36H,1,3-10H2,2H3,(H,30,34)(H,37,38)(H2,26,28,29)(H2,31,32,39)/t12-,13+,14+,15+,17+,19+,20+,23+/m0/s1. The smallest absolute Gasteiger partial charge is 0.326 e. The Bertz CT molecular complexity index is 1150. The van der Waals surface area contributed by atoms with Crippen LogP contribution in [-0.4, -0.2) is 122 Å². The molecule has 3 fully saturated rings. The number of hydrogen-bond donors (Lipinski definition) is 7. The largest absolute Gasteiger partial charge is 0.480 e. The topological polar surface area (TPSA) is 225 Å². The first-order valence-corrected chi connectivity index (χ1v) is 15.9. The van der Waals surface area contributed by atoms with E-state index in [9.17, 15) is 29.7 Å². The number of ether oxygens (including phenoxy) is 1. The van der Waals surface area contributed by atoms with E-state index in [2.05, 4.69) is 37.6 Å². The number of rotatable bonds is 15. The Morgan fingerprint density at radius 3 is 2.86 bits per heavy atom. The first-order valence-electron chi connectivity index (χ1n) is 13.7. The van der Waals surface area contributed by atoms with Gasteiger partial charge in [0.05, 0.1) is 18.2 Å². The van der Waals surface area contributed by atoms with E-state index in [0.717, 1.165) is 18.6 Å². The number of nitrogens with one attached hydrogen (secondary N) is 3. The quantitative estimate of drug-likeness (QED) is 0.0755. The van der Waals surface area contributed by atoms with Crippen LogP contribution in [0.25, 0.3) is 0 Å². The van der Waals surface area contributed by atoms with Crippen molar-refractivity contribution in [3.63, 3.8) is 0 Å². The summed E-state index contributed by atoms with van der Waals surface area (Å²) in [5, 5.41) is 39.6. The maximum atomic E-state index is 12.4. The third-order valence-corrected chi connectivity index (χ3v) is 10.2.